The molecule has 5 heteroatoms. The van der Waals surface area contributed by atoms with E-state index in [0.29, 0.717) is 6.61 Å². The van der Waals surface area contributed by atoms with Gasteiger partial charge in [-0.05, 0) is 47.7 Å². The molecule has 0 saturated carbocycles. The van der Waals surface area contributed by atoms with E-state index in [1.807, 2.05) is 6.92 Å². The first-order valence-corrected chi connectivity index (χ1v) is 11.7. The van der Waals surface area contributed by atoms with Crippen LogP contribution in [0.5, 0.6) is 0 Å². The number of piperazine rings is 1. The largest absolute Gasteiger partial charge is 0.396 e. The van der Waals surface area contributed by atoms with Crippen LogP contribution in [0.25, 0.3) is 0 Å². The molecular formula is C26H37N3O2. The third kappa shape index (κ3) is 4.96. The maximum atomic E-state index is 9.04. The Kier molecular flexibility index (Phi) is 6.97. The molecule has 2 aliphatic heterocycles. The average molecular weight is 424 g/mol. The molecule has 4 rings (SSSR count). The second kappa shape index (κ2) is 9.70. The standard InChI is InChI=1S/C26H37N3O2/c1-4-31-19-21-6-8-22-25(17-21)27-24-9-7-20(16-23(24)26(22,2)3)18-29-13-11-28(12-14-29)10-5-15-30/h6-9,16-17,27,30H,4-5,10-15,18-19H2,1-3H3. The molecule has 2 aromatic rings. The average Bonchev–Trinajstić information content (AvgIpc) is 2.77. The summed E-state index contributed by atoms with van der Waals surface area (Å²) in [6, 6.07) is 13.6. The van der Waals surface area contributed by atoms with Crippen LogP contribution >= 0.6 is 0 Å². The van der Waals surface area contributed by atoms with Crippen LogP contribution in [-0.2, 0) is 23.3 Å². The molecule has 0 bridgehead atoms. The molecular weight excluding hydrogens is 386 g/mol. The van der Waals surface area contributed by atoms with Gasteiger partial charge in [-0.15, -0.1) is 0 Å². The molecule has 1 fully saturated rings. The summed E-state index contributed by atoms with van der Waals surface area (Å²) in [7, 11) is 0. The summed E-state index contributed by atoms with van der Waals surface area (Å²) in [5, 5.41) is 12.7. The van der Waals surface area contributed by atoms with Crippen LogP contribution in [0.4, 0.5) is 11.4 Å². The number of nitrogens with zero attached hydrogens (tertiary/aromatic N) is 2. The fraction of sp³-hybridized carbons (Fsp3) is 0.538. The number of aliphatic hydroxyl groups is 1. The fourth-order valence-electron chi connectivity index (χ4n) is 4.88. The Balaban J connectivity index is 1.47. The number of hydrogen-bond acceptors (Lipinski definition) is 5. The van der Waals surface area contributed by atoms with Gasteiger partial charge in [-0.25, -0.2) is 0 Å². The molecule has 0 radical (unpaired) electrons. The molecule has 0 amide bonds. The zero-order valence-electron chi connectivity index (χ0n) is 19.3. The first-order chi connectivity index (χ1) is 15.0. The Hall–Kier alpha value is -1.92. The zero-order chi connectivity index (χ0) is 21.8. The van der Waals surface area contributed by atoms with Crippen molar-refractivity contribution in [2.45, 2.75) is 45.8 Å². The van der Waals surface area contributed by atoms with E-state index in [9.17, 15) is 0 Å². The molecule has 0 aromatic heterocycles. The highest BCUT2D eigenvalue weighted by Crippen LogP contribution is 2.45. The number of benzene rings is 2. The summed E-state index contributed by atoms with van der Waals surface area (Å²) in [6.07, 6.45) is 0.876. The zero-order valence-corrected chi connectivity index (χ0v) is 19.3. The van der Waals surface area contributed by atoms with E-state index >= 15 is 0 Å². The molecule has 2 aliphatic rings. The molecule has 2 heterocycles. The summed E-state index contributed by atoms with van der Waals surface area (Å²) < 4.78 is 5.60. The highest BCUT2D eigenvalue weighted by atomic mass is 16.5. The van der Waals surface area contributed by atoms with E-state index in [1.165, 1.54) is 33.6 Å². The minimum Gasteiger partial charge on any atom is -0.396 e. The Labute approximate surface area is 187 Å². The lowest BCUT2D eigenvalue weighted by Gasteiger charge is -2.37. The second-order valence-corrected chi connectivity index (χ2v) is 9.34. The first-order valence-electron chi connectivity index (χ1n) is 11.7. The van der Waals surface area contributed by atoms with Gasteiger partial charge in [0, 0.05) is 69.3 Å². The third-order valence-electron chi connectivity index (χ3n) is 6.76. The molecule has 168 valence electrons. The number of hydrogen-bond donors (Lipinski definition) is 2. The summed E-state index contributed by atoms with van der Waals surface area (Å²) >= 11 is 0. The van der Waals surface area contributed by atoms with E-state index in [1.54, 1.807) is 0 Å². The van der Waals surface area contributed by atoms with Crippen LogP contribution in [0.1, 0.15) is 49.4 Å². The molecule has 0 aliphatic carbocycles. The van der Waals surface area contributed by atoms with Gasteiger partial charge in [-0.3, -0.25) is 4.90 Å². The molecule has 2 N–H and O–H groups in total. The number of aliphatic hydroxyl groups excluding tert-OH is 1. The van der Waals surface area contributed by atoms with Crippen molar-refractivity contribution in [1.82, 2.24) is 9.80 Å². The molecule has 1 saturated heterocycles. The third-order valence-corrected chi connectivity index (χ3v) is 6.76. The summed E-state index contributed by atoms with van der Waals surface area (Å²) in [4.78, 5) is 5.01. The quantitative estimate of drug-likeness (QED) is 0.669. The van der Waals surface area contributed by atoms with Crippen molar-refractivity contribution < 1.29 is 9.84 Å². The van der Waals surface area contributed by atoms with Crippen molar-refractivity contribution in [3.63, 3.8) is 0 Å². The van der Waals surface area contributed by atoms with Crippen LogP contribution < -0.4 is 5.32 Å². The lowest BCUT2D eigenvalue weighted by Crippen LogP contribution is -2.46. The normalized spacial score (nSPS) is 18.3. The van der Waals surface area contributed by atoms with Crippen LogP contribution in [0.15, 0.2) is 36.4 Å². The maximum Gasteiger partial charge on any atom is 0.0717 e. The maximum absolute atomic E-state index is 9.04. The van der Waals surface area contributed by atoms with Gasteiger partial charge in [0.15, 0.2) is 0 Å². The van der Waals surface area contributed by atoms with Crippen molar-refractivity contribution in [2.24, 2.45) is 0 Å². The fourth-order valence-corrected chi connectivity index (χ4v) is 4.88. The van der Waals surface area contributed by atoms with E-state index in [0.717, 1.165) is 52.3 Å². The summed E-state index contributed by atoms with van der Waals surface area (Å²) in [6.45, 7) is 14.8. The van der Waals surface area contributed by atoms with Gasteiger partial charge in [-0.1, -0.05) is 38.1 Å². The monoisotopic (exact) mass is 423 g/mol. The van der Waals surface area contributed by atoms with Crippen molar-refractivity contribution in [1.29, 1.82) is 0 Å². The predicted molar refractivity (Wildman–Crippen MR) is 127 cm³/mol. The van der Waals surface area contributed by atoms with Gasteiger partial charge in [0.25, 0.3) is 0 Å². The van der Waals surface area contributed by atoms with Gasteiger partial charge in [0.1, 0.15) is 0 Å². The topological polar surface area (TPSA) is 48.0 Å². The van der Waals surface area contributed by atoms with E-state index in [2.05, 4.69) is 65.4 Å². The van der Waals surface area contributed by atoms with E-state index in [4.69, 9.17) is 9.84 Å². The van der Waals surface area contributed by atoms with E-state index in [-0.39, 0.29) is 12.0 Å². The molecule has 31 heavy (non-hydrogen) atoms. The Bertz CT molecular complexity index is 888. The van der Waals surface area contributed by atoms with Crippen molar-refractivity contribution in [3.8, 4) is 0 Å². The lowest BCUT2D eigenvalue weighted by atomic mass is 9.73. The minimum absolute atomic E-state index is 0.0426. The number of nitrogens with one attached hydrogen (secondary N) is 1. The number of anilines is 2. The molecule has 2 aromatic carbocycles. The van der Waals surface area contributed by atoms with Gasteiger partial charge in [0.2, 0.25) is 0 Å². The number of fused-ring (bicyclic) bond motifs is 2. The molecule has 0 spiro atoms. The Morgan fingerprint density at radius 1 is 0.935 bits per heavy atom. The van der Waals surface area contributed by atoms with Crippen molar-refractivity contribution in [3.05, 3.63) is 58.7 Å². The van der Waals surface area contributed by atoms with E-state index < -0.39 is 0 Å². The highest BCUT2D eigenvalue weighted by molar-refractivity contribution is 5.76. The summed E-state index contributed by atoms with van der Waals surface area (Å²) in [5.41, 5.74) is 7.67. The van der Waals surface area contributed by atoms with Gasteiger partial charge < -0.3 is 20.1 Å². The predicted octanol–water partition coefficient (Wildman–Crippen LogP) is 4.11. The van der Waals surface area contributed by atoms with Crippen LogP contribution in [0.2, 0.25) is 0 Å². The Morgan fingerprint density at radius 2 is 1.68 bits per heavy atom. The molecule has 5 nitrogen and oxygen atoms in total. The number of ether oxygens (including phenoxy) is 1. The van der Waals surface area contributed by atoms with Gasteiger partial charge in [-0.2, -0.15) is 0 Å². The van der Waals surface area contributed by atoms with Crippen molar-refractivity contribution >= 4 is 11.4 Å². The van der Waals surface area contributed by atoms with Crippen LogP contribution in [0, 0.1) is 0 Å². The SMILES string of the molecule is CCOCc1ccc2c(c1)Nc1ccc(CN3CCN(CCCO)CC3)cc1C2(C)C. The van der Waals surface area contributed by atoms with Crippen LogP contribution in [0.3, 0.4) is 0 Å². The Morgan fingerprint density at radius 3 is 2.42 bits per heavy atom. The molecule has 0 unspecified atom stereocenters. The minimum atomic E-state index is -0.0426. The van der Waals surface area contributed by atoms with Gasteiger partial charge in [0.05, 0.1) is 6.61 Å². The smallest absolute Gasteiger partial charge is 0.0717 e. The highest BCUT2D eigenvalue weighted by Gasteiger charge is 2.33. The van der Waals surface area contributed by atoms with Gasteiger partial charge >= 0.3 is 0 Å². The van der Waals surface area contributed by atoms with Crippen LogP contribution in [-0.4, -0.2) is 60.8 Å². The first kappa shape index (κ1) is 22.3. The second-order valence-electron chi connectivity index (χ2n) is 9.34. The van der Waals surface area contributed by atoms with Crippen molar-refractivity contribution in [2.75, 3.05) is 51.3 Å². The molecule has 0 atom stereocenters. The summed E-state index contributed by atoms with van der Waals surface area (Å²) in [5.74, 6) is 0. The lowest BCUT2D eigenvalue weighted by molar-refractivity contribution is 0.120. The number of rotatable bonds is 8.